The van der Waals surface area contributed by atoms with Gasteiger partial charge < -0.3 is 10.3 Å². The summed E-state index contributed by atoms with van der Waals surface area (Å²) in [5, 5.41) is 5.79. The molecule has 86 valence electrons. The van der Waals surface area contributed by atoms with E-state index < -0.39 is 0 Å². The van der Waals surface area contributed by atoms with E-state index in [1.54, 1.807) is 17.6 Å². The summed E-state index contributed by atoms with van der Waals surface area (Å²) in [5.41, 5.74) is 9.15. The Morgan fingerprint density at radius 1 is 1.35 bits per heavy atom. The number of nitrogens with zero attached hydrogens (tertiary/aromatic N) is 1. The minimum atomic E-state index is 0.863. The number of nitrogens with two attached hydrogens (primary N) is 1. The van der Waals surface area contributed by atoms with Crippen molar-refractivity contribution in [1.82, 2.24) is 5.16 Å². The normalized spacial score (nSPS) is 11.1. The molecule has 2 heterocycles. The average molecular weight is 244 g/mol. The molecule has 3 nitrogen and oxygen atoms in total. The fourth-order valence-corrected chi connectivity index (χ4v) is 2.89. The quantitative estimate of drug-likeness (QED) is 0.747. The van der Waals surface area contributed by atoms with E-state index in [0.717, 1.165) is 22.3 Å². The summed E-state index contributed by atoms with van der Waals surface area (Å²) in [4.78, 5) is 1.32. The van der Waals surface area contributed by atoms with Crippen molar-refractivity contribution in [2.75, 3.05) is 5.73 Å². The van der Waals surface area contributed by atoms with Crippen LogP contribution in [0.1, 0.15) is 11.8 Å². The number of fused-ring (bicyclic) bond motifs is 1. The first-order chi connectivity index (χ1) is 8.28. The van der Waals surface area contributed by atoms with Crippen molar-refractivity contribution >= 4 is 27.2 Å². The standard InChI is InChI=1S/C13H12N2OS/c1-2-12-10(6-13(14)17-12)8-3-4-11-9(5-8)7-16-15-11/h3-7H,2,14H2,1H3. The molecule has 0 unspecified atom stereocenters. The van der Waals surface area contributed by atoms with Crippen LogP contribution in [0.2, 0.25) is 0 Å². The summed E-state index contributed by atoms with van der Waals surface area (Å²) in [6, 6.07) is 8.16. The summed E-state index contributed by atoms with van der Waals surface area (Å²) < 4.78 is 4.95. The van der Waals surface area contributed by atoms with Crippen LogP contribution in [0.15, 0.2) is 35.1 Å². The summed E-state index contributed by atoms with van der Waals surface area (Å²) in [7, 11) is 0. The number of aryl methyl sites for hydroxylation is 1. The fraction of sp³-hybridized carbons (Fsp3) is 0.154. The second kappa shape index (κ2) is 3.89. The lowest BCUT2D eigenvalue weighted by molar-refractivity contribution is 0.428. The Bertz CT molecular complexity index is 669. The Morgan fingerprint density at radius 3 is 3.06 bits per heavy atom. The van der Waals surface area contributed by atoms with Gasteiger partial charge in [-0.25, -0.2) is 0 Å². The third kappa shape index (κ3) is 1.70. The van der Waals surface area contributed by atoms with E-state index in [9.17, 15) is 0 Å². The lowest BCUT2D eigenvalue weighted by atomic mass is 10.0. The van der Waals surface area contributed by atoms with Crippen molar-refractivity contribution in [2.45, 2.75) is 13.3 Å². The molecule has 2 aromatic heterocycles. The second-order valence-corrected chi connectivity index (χ2v) is 5.10. The topological polar surface area (TPSA) is 52.0 Å². The van der Waals surface area contributed by atoms with Crippen LogP contribution >= 0.6 is 11.3 Å². The summed E-state index contributed by atoms with van der Waals surface area (Å²) in [5.74, 6) is 0. The molecule has 0 radical (unpaired) electrons. The van der Waals surface area contributed by atoms with Gasteiger partial charge >= 0.3 is 0 Å². The highest BCUT2D eigenvalue weighted by Gasteiger charge is 2.09. The molecule has 3 aromatic rings. The summed E-state index contributed by atoms with van der Waals surface area (Å²) >= 11 is 1.66. The maximum Gasteiger partial charge on any atom is 0.131 e. The number of rotatable bonds is 2. The largest absolute Gasteiger partial charge is 0.391 e. The van der Waals surface area contributed by atoms with Crippen LogP contribution in [0, 0.1) is 0 Å². The Labute approximate surface area is 103 Å². The molecule has 4 heteroatoms. The Balaban J connectivity index is 2.18. The van der Waals surface area contributed by atoms with Crippen LogP contribution in [-0.2, 0) is 6.42 Å². The van der Waals surface area contributed by atoms with Crippen molar-refractivity contribution < 1.29 is 4.52 Å². The molecule has 0 aliphatic carbocycles. The minimum Gasteiger partial charge on any atom is -0.391 e. The van der Waals surface area contributed by atoms with Crippen molar-refractivity contribution in [3.8, 4) is 11.1 Å². The SMILES string of the molecule is CCc1sc(N)cc1-c1ccc2nocc2c1. The molecule has 0 fully saturated rings. The molecule has 0 saturated carbocycles. The number of aromatic nitrogens is 1. The molecule has 0 atom stereocenters. The van der Waals surface area contributed by atoms with E-state index in [1.807, 2.05) is 12.1 Å². The predicted octanol–water partition coefficient (Wildman–Crippen LogP) is 3.70. The van der Waals surface area contributed by atoms with Crippen LogP contribution in [0.4, 0.5) is 5.00 Å². The van der Waals surface area contributed by atoms with Gasteiger partial charge in [-0.1, -0.05) is 18.1 Å². The molecule has 0 aliphatic heterocycles. The highest BCUT2D eigenvalue weighted by atomic mass is 32.1. The zero-order valence-electron chi connectivity index (χ0n) is 9.43. The van der Waals surface area contributed by atoms with Crippen molar-refractivity contribution in [2.24, 2.45) is 0 Å². The number of hydrogen-bond acceptors (Lipinski definition) is 4. The van der Waals surface area contributed by atoms with E-state index in [1.165, 1.54) is 16.0 Å². The van der Waals surface area contributed by atoms with E-state index >= 15 is 0 Å². The Hall–Kier alpha value is -1.81. The third-order valence-corrected chi connectivity index (χ3v) is 3.93. The molecule has 3 rings (SSSR count). The minimum absolute atomic E-state index is 0.863. The molecular weight excluding hydrogens is 232 g/mol. The van der Waals surface area contributed by atoms with E-state index in [2.05, 4.69) is 24.2 Å². The van der Waals surface area contributed by atoms with Crippen molar-refractivity contribution in [3.63, 3.8) is 0 Å². The van der Waals surface area contributed by atoms with Crippen LogP contribution in [0.3, 0.4) is 0 Å². The van der Waals surface area contributed by atoms with Gasteiger partial charge in [-0.05, 0) is 35.7 Å². The smallest absolute Gasteiger partial charge is 0.131 e. The number of anilines is 1. The monoisotopic (exact) mass is 244 g/mol. The van der Waals surface area contributed by atoms with Gasteiger partial charge in [0.2, 0.25) is 0 Å². The molecule has 0 bridgehead atoms. The summed E-state index contributed by atoms with van der Waals surface area (Å²) in [6.07, 6.45) is 2.67. The zero-order valence-corrected chi connectivity index (χ0v) is 10.3. The van der Waals surface area contributed by atoms with E-state index in [-0.39, 0.29) is 0 Å². The second-order valence-electron chi connectivity index (χ2n) is 3.93. The maximum atomic E-state index is 5.87. The first kappa shape index (κ1) is 10.4. The molecule has 0 spiro atoms. The van der Waals surface area contributed by atoms with Crippen LogP contribution in [-0.4, -0.2) is 5.16 Å². The lowest BCUT2D eigenvalue weighted by Gasteiger charge is -2.01. The molecule has 0 aliphatic rings. The highest BCUT2D eigenvalue weighted by Crippen LogP contribution is 2.34. The van der Waals surface area contributed by atoms with Gasteiger partial charge in [-0.15, -0.1) is 11.3 Å². The average Bonchev–Trinajstić information content (AvgIpc) is 2.93. The number of nitrogen functional groups attached to an aromatic ring is 1. The highest BCUT2D eigenvalue weighted by molar-refractivity contribution is 7.16. The number of benzene rings is 1. The molecule has 0 saturated heterocycles. The van der Waals surface area contributed by atoms with Gasteiger partial charge in [0.15, 0.2) is 0 Å². The van der Waals surface area contributed by atoms with Gasteiger partial charge in [0.1, 0.15) is 11.8 Å². The summed E-state index contributed by atoms with van der Waals surface area (Å²) in [6.45, 7) is 2.15. The van der Waals surface area contributed by atoms with Crippen LogP contribution in [0.5, 0.6) is 0 Å². The Morgan fingerprint density at radius 2 is 2.24 bits per heavy atom. The van der Waals surface area contributed by atoms with Crippen LogP contribution in [0.25, 0.3) is 22.0 Å². The number of hydrogen-bond donors (Lipinski definition) is 1. The maximum absolute atomic E-state index is 5.87. The van der Waals surface area contributed by atoms with E-state index in [0.29, 0.717) is 0 Å². The molecule has 2 N–H and O–H groups in total. The van der Waals surface area contributed by atoms with Gasteiger partial charge in [-0.3, -0.25) is 0 Å². The van der Waals surface area contributed by atoms with Gasteiger partial charge in [0.25, 0.3) is 0 Å². The third-order valence-electron chi connectivity index (χ3n) is 2.82. The molecular formula is C13H12N2OS. The zero-order chi connectivity index (χ0) is 11.8. The molecule has 0 amide bonds. The predicted molar refractivity (Wildman–Crippen MR) is 71.1 cm³/mol. The molecule has 1 aromatic carbocycles. The first-order valence-electron chi connectivity index (χ1n) is 5.50. The molecule has 17 heavy (non-hydrogen) atoms. The van der Waals surface area contributed by atoms with Crippen molar-refractivity contribution in [1.29, 1.82) is 0 Å². The fourth-order valence-electron chi connectivity index (χ4n) is 2.00. The lowest BCUT2D eigenvalue weighted by Crippen LogP contribution is -1.80. The van der Waals surface area contributed by atoms with Gasteiger partial charge in [0, 0.05) is 10.3 Å². The van der Waals surface area contributed by atoms with Gasteiger partial charge in [0.05, 0.1) is 5.00 Å². The number of thiophene rings is 1. The Kier molecular flexibility index (Phi) is 2.37. The first-order valence-corrected chi connectivity index (χ1v) is 6.32. The van der Waals surface area contributed by atoms with Crippen molar-refractivity contribution in [3.05, 3.63) is 35.4 Å². The van der Waals surface area contributed by atoms with E-state index in [4.69, 9.17) is 10.3 Å². The van der Waals surface area contributed by atoms with Gasteiger partial charge in [-0.2, -0.15) is 0 Å². The van der Waals surface area contributed by atoms with Crippen LogP contribution < -0.4 is 5.73 Å².